The van der Waals surface area contributed by atoms with Crippen molar-refractivity contribution in [2.24, 2.45) is 0 Å². The molecule has 32 heavy (non-hydrogen) atoms. The summed E-state index contributed by atoms with van der Waals surface area (Å²) in [5, 5.41) is 2.80. The summed E-state index contributed by atoms with van der Waals surface area (Å²) < 4.78 is 61.5. The van der Waals surface area contributed by atoms with Crippen molar-refractivity contribution in [3.63, 3.8) is 0 Å². The van der Waals surface area contributed by atoms with Crippen molar-refractivity contribution in [3.8, 4) is 11.5 Å². The number of hydrogen-bond acceptors (Lipinski definition) is 5. The second kappa shape index (κ2) is 7.98. The van der Waals surface area contributed by atoms with E-state index in [1.807, 2.05) is 0 Å². The Bertz CT molecular complexity index is 1210. The van der Waals surface area contributed by atoms with Gasteiger partial charge in [0.2, 0.25) is 5.56 Å². The van der Waals surface area contributed by atoms with Gasteiger partial charge < -0.3 is 19.8 Å². The zero-order chi connectivity index (χ0) is 22.9. The largest absolute Gasteiger partial charge is 0.573 e. The average molecular weight is 449 g/mol. The van der Waals surface area contributed by atoms with Crippen molar-refractivity contribution < 1.29 is 31.8 Å². The van der Waals surface area contributed by atoms with E-state index in [4.69, 9.17) is 4.74 Å². The number of alkyl halides is 3. The number of carbonyl (C=O) groups is 1. The quantitative estimate of drug-likeness (QED) is 0.597. The standard InChI is InChI=1S/C21H15F4N3O4/c22-14-10-13(4-5-15(14)32-21(23,24)25)20(7-9-31-16-2-1-8-26-18(16)20)28-19(30)12-3-6-17(29)27-11-12/h1-6,8,10-11H,7,9H2,(H,27,29)(H,28,30)/t20-/m0/s1. The van der Waals surface area contributed by atoms with Gasteiger partial charge in [0, 0.05) is 24.9 Å². The highest BCUT2D eigenvalue weighted by molar-refractivity contribution is 5.94. The molecule has 0 unspecified atom stereocenters. The number of nitrogens with zero attached hydrogens (tertiary/aromatic N) is 1. The van der Waals surface area contributed by atoms with Crippen LogP contribution in [0.3, 0.4) is 0 Å². The molecule has 11 heteroatoms. The minimum Gasteiger partial charge on any atom is -0.491 e. The van der Waals surface area contributed by atoms with Gasteiger partial charge in [0.1, 0.15) is 17.0 Å². The Morgan fingerprint density at radius 1 is 1.22 bits per heavy atom. The highest BCUT2D eigenvalue weighted by Crippen LogP contribution is 2.42. The lowest BCUT2D eigenvalue weighted by Gasteiger charge is -2.39. The van der Waals surface area contributed by atoms with Crippen LogP contribution in [0.4, 0.5) is 17.6 Å². The smallest absolute Gasteiger partial charge is 0.491 e. The summed E-state index contributed by atoms with van der Waals surface area (Å²) in [7, 11) is 0. The lowest BCUT2D eigenvalue weighted by molar-refractivity contribution is -0.275. The Labute approximate surface area is 178 Å². The van der Waals surface area contributed by atoms with Crippen LogP contribution in [0.5, 0.6) is 11.5 Å². The Hall–Kier alpha value is -3.89. The van der Waals surface area contributed by atoms with Gasteiger partial charge in [0.05, 0.1) is 12.2 Å². The van der Waals surface area contributed by atoms with E-state index >= 15 is 0 Å². The molecule has 1 aliphatic heterocycles. The zero-order valence-electron chi connectivity index (χ0n) is 16.2. The molecule has 3 aromatic rings. The number of benzene rings is 1. The first-order valence-electron chi connectivity index (χ1n) is 9.33. The van der Waals surface area contributed by atoms with Gasteiger partial charge in [-0.05, 0) is 35.9 Å². The minimum absolute atomic E-state index is 0.116. The van der Waals surface area contributed by atoms with Crippen molar-refractivity contribution in [1.82, 2.24) is 15.3 Å². The molecule has 0 fully saturated rings. The van der Waals surface area contributed by atoms with Gasteiger partial charge in [-0.2, -0.15) is 0 Å². The number of halogens is 4. The molecule has 2 N–H and O–H groups in total. The van der Waals surface area contributed by atoms with Crippen LogP contribution in [0.1, 0.15) is 28.0 Å². The fourth-order valence-electron chi connectivity index (χ4n) is 3.53. The van der Waals surface area contributed by atoms with Crippen molar-refractivity contribution in [3.05, 3.63) is 87.9 Å². The number of aromatic nitrogens is 2. The SMILES string of the molecule is O=C(N[C@]1(c2ccc(OC(F)(F)F)c(F)c2)CCOc2cccnc21)c1ccc(=O)[nH]c1. The maximum Gasteiger partial charge on any atom is 0.573 e. The molecule has 7 nitrogen and oxygen atoms in total. The molecule has 0 saturated carbocycles. The van der Waals surface area contributed by atoms with E-state index in [1.165, 1.54) is 30.6 Å². The number of aromatic amines is 1. The minimum atomic E-state index is -5.06. The Balaban J connectivity index is 1.81. The summed E-state index contributed by atoms with van der Waals surface area (Å²) in [5.41, 5.74) is -1.31. The van der Waals surface area contributed by atoms with Gasteiger partial charge in [-0.25, -0.2) is 4.39 Å². The van der Waals surface area contributed by atoms with Crippen molar-refractivity contribution in [1.29, 1.82) is 0 Å². The Morgan fingerprint density at radius 3 is 2.72 bits per heavy atom. The van der Waals surface area contributed by atoms with Gasteiger partial charge in [-0.3, -0.25) is 14.6 Å². The highest BCUT2D eigenvalue weighted by atomic mass is 19.4. The van der Waals surface area contributed by atoms with Crippen LogP contribution in [0, 0.1) is 5.82 Å². The molecule has 1 amide bonds. The Morgan fingerprint density at radius 2 is 2.03 bits per heavy atom. The third kappa shape index (κ3) is 4.13. The number of hydrogen-bond donors (Lipinski definition) is 2. The second-order valence-corrected chi connectivity index (χ2v) is 6.94. The van der Waals surface area contributed by atoms with Gasteiger partial charge >= 0.3 is 6.36 Å². The molecule has 1 aliphatic rings. The normalized spacial score (nSPS) is 17.8. The molecule has 1 atom stereocenters. The van der Waals surface area contributed by atoms with Crippen LogP contribution in [-0.4, -0.2) is 28.8 Å². The van der Waals surface area contributed by atoms with E-state index < -0.39 is 34.9 Å². The van der Waals surface area contributed by atoms with Crippen LogP contribution >= 0.6 is 0 Å². The third-order valence-corrected chi connectivity index (χ3v) is 4.93. The highest BCUT2D eigenvalue weighted by Gasteiger charge is 2.43. The van der Waals surface area contributed by atoms with Crippen molar-refractivity contribution in [2.45, 2.75) is 18.3 Å². The number of amides is 1. The molecule has 3 heterocycles. The summed E-state index contributed by atoms with van der Waals surface area (Å²) in [6.07, 6.45) is -2.28. The van der Waals surface area contributed by atoms with E-state index in [1.54, 1.807) is 12.1 Å². The number of carbonyl (C=O) groups excluding carboxylic acids is 1. The average Bonchev–Trinajstić information content (AvgIpc) is 2.75. The zero-order valence-corrected chi connectivity index (χ0v) is 16.2. The van der Waals surface area contributed by atoms with Gasteiger partial charge in [-0.1, -0.05) is 6.07 Å². The molecule has 0 aliphatic carbocycles. The van der Waals surface area contributed by atoms with Crippen molar-refractivity contribution in [2.75, 3.05) is 6.61 Å². The number of fused-ring (bicyclic) bond motifs is 1. The van der Waals surface area contributed by atoms with Gasteiger partial charge in [0.25, 0.3) is 5.91 Å². The lowest BCUT2D eigenvalue weighted by atomic mass is 9.81. The predicted molar refractivity (Wildman–Crippen MR) is 103 cm³/mol. The first-order chi connectivity index (χ1) is 15.2. The van der Waals surface area contributed by atoms with E-state index in [0.29, 0.717) is 5.75 Å². The maximum absolute atomic E-state index is 14.6. The number of pyridine rings is 2. The fourth-order valence-corrected chi connectivity index (χ4v) is 3.53. The maximum atomic E-state index is 14.6. The van der Waals surface area contributed by atoms with Gasteiger partial charge in [0.15, 0.2) is 11.6 Å². The summed E-state index contributed by atoms with van der Waals surface area (Å²) >= 11 is 0. The predicted octanol–water partition coefficient (Wildman–Crippen LogP) is 3.26. The molecule has 0 bridgehead atoms. The van der Waals surface area contributed by atoms with Gasteiger partial charge in [-0.15, -0.1) is 13.2 Å². The molecule has 0 saturated heterocycles. The van der Waals surface area contributed by atoms with Crippen LogP contribution in [-0.2, 0) is 5.54 Å². The monoisotopic (exact) mass is 449 g/mol. The molecule has 1 aromatic carbocycles. The van der Waals surface area contributed by atoms with Crippen molar-refractivity contribution >= 4 is 5.91 Å². The molecule has 166 valence electrons. The molecule has 2 aromatic heterocycles. The molecule has 4 rings (SSSR count). The van der Waals surface area contributed by atoms with E-state index in [2.05, 4.69) is 20.0 Å². The summed E-state index contributed by atoms with van der Waals surface area (Å²) in [4.78, 5) is 31.0. The van der Waals surface area contributed by atoms with E-state index in [0.717, 1.165) is 12.1 Å². The fraction of sp³-hybridized carbons (Fsp3) is 0.190. The van der Waals surface area contributed by atoms with Crippen LogP contribution < -0.4 is 20.3 Å². The third-order valence-electron chi connectivity index (χ3n) is 4.93. The van der Waals surface area contributed by atoms with E-state index in [-0.39, 0.29) is 29.8 Å². The van der Waals surface area contributed by atoms with E-state index in [9.17, 15) is 27.2 Å². The van der Waals surface area contributed by atoms with Crippen LogP contribution in [0.25, 0.3) is 0 Å². The summed E-state index contributed by atoms with van der Waals surface area (Å²) in [5.74, 6) is -2.55. The molecule has 0 spiro atoms. The van der Waals surface area contributed by atoms with Crippen LogP contribution in [0.15, 0.2) is 59.7 Å². The van der Waals surface area contributed by atoms with Crippen LogP contribution in [0.2, 0.25) is 0 Å². The summed E-state index contributed by atoms with van der Waals surface area (Å²) in [6.45, 7) is 0.118. The molecular formula is C21H15F4N3O4. The molecule has 0 radical (unpaired) electrons. The molecular weight excluding hydrogens is 434 g/mol. The summed E-state index contributed by atoms with van der Waals surface area (Å²) in [6, 6.07) is 8.62. The first kappa shape index (κ1) is 21.3. The number of nitrogens with one attached hydrogen (secondary N) is 2. The number of H-pyrrole nitrogens is 1. The Kier molecular flexibility index (Phi) is 5.33. The number of ether oxygens (including phenoxy) is 2. The lowest BCUT2D eigenvalue weighted by Crippen LogP contribution is -2.50. The number of rotatable bonds is 4. The second-order valence-electron chi connectivity index (χ2n) is 6.94. The first-order valence-corrected chi connectivity index (χ1v) is 9.33. The topological polar surface area (TPSA) is 93.3 Å².